The first-order chi connectivity index (χ1) is 12.8. The fraction of sp³-hybridized carbons (Fsp3) is 0.250. The molecule has 0 atom stereocenters. The van der Waals surface area contributed by atoms with Crippen LogP contribution >= 0.6 is 0 Å². The predicted octanol–water partition coefficient (Wildman–Crippen LogP) is 3.38. The van der Waals surface area contributed by atoms with E-state index in [1.54, 1.807) is 7.11 Å². The van der Waals surface area contributed by atoms with Gasteiger partial charge in [-0.25, -0.2) is 0 Å². The highest BCUT2D eigenvalue weighted by Crippen LogP contribution is 2.27. The van der Waals surface area contributed by atoms with E-state index in [0.717, 1.165) is 11.1 Å². The normalized spacial score (nSPS) is 10.5. The first-order valence-corrected chi connectivity index (χ1v) is 8.53. The molecule has 26 heavy (non-hydrogen) atoms. The van der Waals surface area contributed by atoms with Gasteiger partial charge in [0.05, 0.1) is 12.7 Å². The number of nitrogens with one attached hydrogen (secondary N) is 1. The number of aryl methyl sites for hydroxylation is 1. The maximum atomic E-state index is 11.9. The van der Waals surface area contributed by atoms with Crippen LogP contribution in [0.2, 0.25) is 0 Å². The quantitative estimate of drug-likeness (QED) is 0.673. The van der Waals surface area contributed by atoms with Gasteiger partial charge < -0.3 is 14.6 Å². The van der Waals surface area contributed by atoms with Crippen LogP contribution in [-0.4, -0.2) is 23.2 Å². The summed E-state index contributed by atoms with van der Waals surface area (Å²) in [6.45, 7) is 0.540. The largest absolute Gasteiger partial charge is 0.496 e. The van der Waals surface area contributed by atoms with Crippen molar-refractivity contribution in [2.24, 2.45) is 0 Å². The van der Waals surface area contributed by atoms with Crippen molar-refractivity contribution in [2.45, 2.75) is 25.8 Å². The standard InChI is InChI=1S/C20H21N3O3/c1-25-17-11-6-5-10-16(17)20-22-19(26-23-20)13-7-12-18(24)21-14-15-8-3-2-4-9-15/h2-6,8-11H,7,12-14H2,1H3,(H,21,24). The Balaban J connectivity index is 1.47. The Bertz CT molecular complexity index is 846. The Labute approximate surface area is 152 Å². The Morgan fingerprint density at radius 3 is 2.69 bits per heavy atom. The van der Waals surface area contributed by atoms with Gasteiger partial charge in [0.2, 0.25) is 17.6 Å². The molecule has 1 N–H and O–H groups in total. The molecular formula is C20H21N3O3. The van der Waals surface area contributed by atoms with E-state index >= 15 is 0 Å². The lowest BCUT2D eigenvalue weighted by molar-refractivity contribution is -0.121. The topological polar surface area (TPSA) is 77.2 Å². The number of methoxy groups -OCH3 is 1. The van der Waals surface area contributed by atoms with E-state index in [1.807, 2.05) is 54.6 Å². The van der Waals surface area contributed by atoms with Gasteiger partial charge in [0, 0.05) is 19.4 Å². The maximum absolute atomic E-state index is 11.9. The molecule has 134 valence electrons. The molecule has 3 rings (SSSR count). The second kappa shape index (κ2) is 8.80. The average Bonchev–Trinajstić information content (AvgIpc) is 3.16. The molecule has 1 aromatic heterocycles. The molecule has 1 amide bonds. The summed E-state index contributed by atoms with van der Waals surface area (Å²) in [4.78, 5) is 16.3. The minimum absolute atomic E-state index is 0.0123. The average molecular weight is 351 g/mol. The van der Waals surface area contributed by atoms with E-state index in [4.69, 9.17) is 9.26 Å². The number of hydrogen-bond acceptors (Lipinski definition) is 5. The molecule has 2 aromatic carbocycles. The minimum Gasteiger partial charge on any atom is -0.496 e. The molecule has 0 aliphatic rings. The highest BCUT2D eigenvalue weighted by Gasteiger charge is 2.13. The lowest BCUT2D eigenvalue weighted by atomic mass is 10.2. The Hall–Kier alpha value is -3.15. The van der Waals surface area contributed by atoms with Crippen LogP contribution in [0.4, 0.5) is 0 Å². The lowest BCUT2D eigenvalue weighted by Crippen LogP contribution is -2.22. The van der Waals surface area contributed by atoms with E-state index in [2.05, 4.69) is 15.5 Å². The van der Waals surface area contributed by atoms with Gasteiger partial charge in [-0.3, -0.25) is 4.79 Å². The maximum Gasteiger partial charge on any atom is 0.226 e. The summed E-state index contributed by atoms with van der Waals surface area (Å²) in [7, 11) is 1.61. The second-order valence-corrected chi connectivity index (χ2v) is 5.83. The summed E-state index contributed by atoms with van der Waals surface area (Å²) >= 11 is 0. The zero-order valence-electron chi connectivity index (χ0n) is 14.6. The van der Waals surface area contributed by atoms with Gasteiger partial charge in [0.15, 0.2) is 0 Å². The number of carbonyl (C=O) groups excluding carboxylic acids is 1. The monoisotopic (exact) mass is 351 g/mol. The van der Waals surface area contributed by atoms with Gasteiger partial charge in [-0.1, -0.05) is 47.6 Å². The van der Waals surface area contributed by atoms with Crippen LogP contribution in [0.25, 0.3) is 11.4 Å². The first kappa shape index (κ1) is 17.7. The number of benzene rings is 2. The van der Waals surface area contributed by atoms with Gasteiger partial charge in [-0.2, -0.15) is 4.98 Å². The highest BCUT2D eigenvalue weighted by atomic mass is 16.5. The third-order valence-electron chi connectivity index (χ3n) is 3.94. The molecule has 0 saturated carbocycles. The number of nitrogens with zero attached hydrogens (tertiary/aromatic N) is 2. The van der Waals surface area contributed by atoms with E-state index in [0.29, 0.717) is 43.3 Å². The number of rotatable bonds is 8. The molecule has 0 bridgehead atoms. The molecule has 0 aliphatic heterocycles. The van der Waals surface area contributed by atoms with Crippen molar-refractivity contribution < 1.29 is 14.1 Å². The van der Waals surface area contributed by atoms with Crippen LogP contribution in [0, 0.1) is 0 Å². The number of aromatic nitrogens is 2. The van der Waals surface area contributed by atoms with E-state index in [-0.39, 0.29) is 5.91 Å². The van der Waals surface area contributed by atoms with Gasteiger partial charge >= 0.3 is 0 Å². The second-order valence-electron chi connectivity index (χ2n) is 5.83. The number of carbonyl (C=O) groups is 1. The minimum atomic E-state index is 0.0123. The third-order valence-corrected chi connectivity index (χ3v) is 3.94. The van der Waals surface area contributed by atoms with Crippen molar-refractivity contribution >= 4 is 5.91 Å². The van der Waals surface area contributed by atoms with Crippen molar-refractivity contribution in [1.29, 1.82) is 0 Å². The lowest BCUT2D eigenvalue weighted by Gasteiger charge is -2.04. The van der Waals surface area contributed by atoms with E-state index in [1.165, 1.54) is 0 Å². The van der Waals surface area contributed by atoms with E-state index < -0.39 is 0 Å². The molecule has 0 unspecified atom stereocenters. The van der Waals surface area contributed by atoms with Crippen molar-refractivity contribution in [2.75, 3.05) is 7.11 Å². The molecule has 6 heteroatoms. The number of para-hydroxylation sites is 1. The number of ether oxygens (including phenoxy) is 1. The predicted molar refractivity (Wildman–Crippen MR) is 97.5 cm³/mol. The van der Waals surface area contributed by atoms with Crippen molar-refractivity contribution in [3.05, 3.63) is 66.1 Å². The van der Waals surface area contributed by atoms with Crippen LogP contribution < -0.4 is 10.1 Å². The van der Waals surface area contributed by atoms with Crippen molar-refractivity contribution in [3.8, 4) is 17.1 Å². The van der Waals surface area contributed by atoms with Gasteiger partial charge in [0.25, 0.3) is 0 Å². The molecule has 0 aliphatic carbocycles. The summed E-state index contributed by atoms with van der Waals surface area (Å²) in [6, 6.07) is 17.3. The summed E-state index contributed by atoms with van der Waals surface area (Å²) in [5, 5.41) is 6.91. The van der Waals surface area contributed by atoms with Crippen LogP contribution in [0.5, 0.6) is 5.75 Å². The molecule has 0 saturated heterocycles. The van der Waals surface area contributed by atoms with Crippen molar-refractivity contribution in [1.82, 2.24) is 15.5 Å². The molecule has 0 fully saturated rings. The van der Waals surface area contributed by atoms with Gasteiger partial charge in [-0.05, 0) is 24.1 Å². The smallest absolute Gasteiger partial charge is 0.226 e. The Morgan fingerprint density at radius 2 is 1.88 bits per heavy atom. The molecule has 3 aromatic rings. The Morgan fingerprint density at radius 1 is 1.12 bits per heavy atom. The Kier molecular flexibility index (Phi) is 5.98. The summed E-state index contributed by atoms with van der Waals surface area (Å²) in [5.41, 5.74) is 1.87. The molecule has 0 spiro atoms. The van der Waals surface area contributed by atoms with Crippen LogP contribution in [0.3, 0.4) is 0 Å². The first-order valence-electron chi connectivity index (χ1n) is 8.53. The number of amides is 1. The summed E-state index contributed by atoms with van der Waals surface area (Å²) in [5.74, 6) is 1.71. The van der Waals surface area contributed by atoms with Crippen LogP contribution in [-0.2, 0) is 17.8 Å². The van der Waals surface area contributed by atoms with E-state index in [9.17, 15) is 4.79 Å². The molecule has 0 radical (unpaired) electrons. The zero-order chi connectivity index (χ0) is 18.2. The molecular weight excluding hydrogens is 330 g/mol. The molecule has 6 nitrogen and oxygen atoms in total. The highest BCUT2D eigenvalue weighted by molar-refractivity contribution is 5.75. The van der Waals surface area contributed by atoms with Crippen molar-refractivity contribution in [3.63, 3.8) is 0 Å². The SMILES string of the molecule is COc1ccccc1-c1noc(CCCC(=O)NCc2ccccc2)n1. The van der Waals surface area contributed by atoms with Gasteiger partial charge in [0.1, 0.15) is 5.75 Å². The molecule has 1 heterocycles. The third kappa shape index (κ3) is 4.69. The zero-order valence-corrected chi connectivity index (χ0v) is 14.6. The van der Waals surface area contributed by atoms with Crippen LogP contribution in [0.1, 0.15) is 24.3 Å². The fourth-order valence-electron chi connectivity index (χ4n) is 2.58. The van der Waals surface area contributed by atoms with Crippen LogP contribution in [0.15, 0.2) is 59.1 Å². The fourth-order valence-corrected chi connectivity index (χ4v) is 2.58. The number of hydrogen-bond donors (Lipinski definition) is 1. The summed E-state index contributed by atoms with van der Waals surface area (Å²) in [6.07, 6.45) is 1.62. The van der Waals surface area contributed by atoms with Gasteiger partial charge in [-0.15, -0.1) is 0 Å². The summed E-state index contributed by atoms with van der Waals surface area (Å²) < 4.78 is 10.6.